The van der Waals surface area contributed by atoms with Gasteiger partial charge in [0.1, 0.15) is 0 Å². The summed E-state index contributed by atoms with van der Waals surface area (Å²) in [5.74, 6) is 0.168. The molecule has 0 saturated carbocycles. The zero-order valence-corrected chi connectivity index (χ0v) is 7.56. The largest absolute Gasteiger partial charge is 0.370 e. The third kappa shape index (κ3) is 5.70. The smallest absolute Gasteiger partial charge is 0.188 e. The number of rotatable bonds is 5. The minimum atomic E-state index is 0.168. The van der Waals surface area contributed by atoms with Gasteiger partial charge in [-0.3, -0.25) is 5.41 Å². The quantitative estimate of drug-likeness (QED) is 0.360. The summed E-state index contributed by atoms with van der Waals surface area (Å²) in [5.41, 5.74) is 5.26. The van der Waals surface area contributed by atoms with E-state index in [1.54, 1.807) is 4.90 Å². The topological polar surface area (TPSA) is 53.1 Å². The maximum Gasteiger partial charge on any atom is 0.188 e. The SMILES string of the molecule is CCCCCCN(C)C(=N)N. The van der Waals surface area contributed by atoms with Gasteiger partial charge >= 0.3 is 0 Å². The van der Waals surface area contributed by atoms with Crippen LogP contribution in [0.2, 0.25) is 0 Å². The molecule has 0 rings (SSSR count). The Labute approximate surface area is 69.1 Å². The van der Waals surface area contributed by atoms with E-state index in [0.29, 0.717) is 0 Å². The van der Waals surface area contributed by atoms with Crippen molar-refractivity contribution in [3.63, 3.8) is 0 Å². The summed E-state index contributed by atoms with van der Waals surface area (Å²) in [6.45, 7) is 3.10. The number of hydrogen-bond donors (Lipinski definition) is 2. The lowest BCUT2D eigenvalue weighted by Gasteiger charge is -2.15. The van der Waals surface area contributed by atoms with E-state index in [1.807, 2.05) is 7.05 Å². The molecule has 0 spiro atoms. The maximum atomic E-state index is 7.08. The Morgan fingerprint density at radius 2 is 2.00 bits per heavy atom. The molecule has 0 unspecified atom stereocenters. The van der Waals surface area contributed by atoms with Crippen molar-refractivity contribution in [2.75, 3.05) is 13.6 Å². The van der Waals surface area contributed by atoms with E-state index in [0.717, 1.165) is 13.0 Å². The second kappa shape index (κ2) is 6.01. The lowest BCUT2D eigenvalue weighted by molar-refractivity contribution is 0.464. The molecule has 0 aliphatic carbocycles. The fourth-order valence-corrected chi connectivity index (χ4v) is 0.896. The zero-order valence-electron chi connectivity index (χ0n) is 7.56. The number of nitrogens with two attached hydrogens (primary N) is 1. The molecule has 0 aliphatic heterocycles. The monoisotopic (exact) mass is 157 g/mol. The van der Waals surface area contributed by atoms with Crippen molar-refractivity contribution in [3.05, 3.63) is 0 Å². The van der Waals surface area contributed by atoms with Crippen LogP contribution in [0.5, 0.6) is 0 Å². The van der Waals surface area contributed by atoms with Gasteiger partial charge in [-0.05, 0) is 6.42 Å². The second-order valence-electron chi connectivity index (χ2n) is 2.87. The molecule has 3 nitrogen and oxygen atoms in total. The van der Waals surface area contributed by atoms with Crippen LogP contribution < -0.4 is 5.73 Å². The van der Waals surface area contributed by atoms with Gasteiger partial charge in [0.25, 0.3) is 0 Å². The highest BCUT2D eigenvalue weighted by molar-refractivity contribution is 5.74. The number of guanidine groups is 1. The van der Waals surface area contributed by atoms with Gasteiger partial charge in [-0.1, -0.05) is 26.2 Å². The second-order valence-corrected chi connectivity index (χ2v) is 2.87. The highest BCUT2D eigenvalue weighted by Crippen LogP contribution is 1.99. The van der Waals surface area contributed by atoms with Crippen molar-refractivity contribution >= 4 is 5.96 Å². The summed E-state index contributed by atoms with van der Waals surface area (Å²) in [5, 5.41) is 7.08. The normalized spacial score (nSPS) is 9.64. The van der Waals surface area contributed by atoms with Crippen LogP contribution in [0.3, 0.4) is 0 Å². The van der Waals surface area contributed by atoms with E-state index in [2.05, 4.69) is 6.92 Å². The summed E-state index contributed by atoms with van der Waals surface area (Å²) >= 11 is 0. The summed E-state index contributed by atoms with van der Waals surface area (Å²) < 4.78 is 0. The molecule has 0 aromatic rings. The Morgan fingerprint density at radius 3 is 2.45 bits per heavy atom. The van der Waals surface area contributed by atoms with Crippen LogP contribution in [-0.2, 0) is 0 Å². The van der Waals surface area contributed by atoms with Crippen LogP contribution in [0.1, 0.15) is 32.6 Å². The lowest BCUT2D eigenvalue weighted by Crippen LogP contribution is -2.33. The molecule has 0 radical (unpaired) electrons. The van der Waals surface area contributed by atoms with Crippen molar-refractivity contribution < 1.29 is 0 Å². The molecule has 11 heavy (non-hydrogen) atoms. The maximum absolute atomic E-state index is 7.08. The summed E-state index contributed by atoms with van der Waals surface area (Å²) in [6, 6.07) is 0. The summed E-state index contributed by atoms with van der Waals surface area (Å²) in [6.07, 6.45) is 4.92. The van der Waals surface area contributed by atoms with Crippen LogP contribution in [0, 0.1) is 5.41 Å². The lowest BCUT2D eigenvalue weighted by atomic mass is 10.2. The number of nitrogens with one attached hydrogen (secondary N) is 1. The van der Waals surface area contributed by atoms with E-state index in [1.165, 1.54) is 19.3 Å². The molecule has 0 heterocycles. The van der Waals surface area contributed by atoms with Gasteiger partial charge < -0.3 is 10.6 Å². The first kappa shape index (κ1) is 10.3. The highest BCUT2D eigenvalue weighted by Gasteiger charge is 1.97. The molecule has 0 amide bonds. The van der Waals surface area contributed by atoms with Gasteiger partial charge in [0.15, 0.2) is 5.96 Å². The molecule has 66 valence electrons. The Kier molecular flexibility index (Phi) is 5.61. The third-order valence-corrected chi connectivity index (χ3v) is 1.76. The highest BCUT2D eigenvalue weighted by atomic mass is 15.2. The third-order valence-electron chi connectivity index (χ3n) is 1.76. The van der Waals surface area contributed by atoms with Crippen LogP contribution in [-0.4, -0.2) is 24.5 Å². The van der Waals surface area contributed by atoms with Gasteiger partial charge in [-0.25, -0.2) is 0 Å². The van der Waals surface area contributed by atoms with Crippen molar-refractivity contribution in [2.45, 2.75) is 32.6 Å². The van der Waals surface area contributed by atoms with Gasteiger partial charge in [-0.15, -0.1) is 0 Å². The summed E-state index contributed by atoms with van der Waals surface area (Å²) in [4.78, 5) is 1.77. The number of nitrogens with zero attached hydrogens (tertiary/aromatic N) is 1. The fraction of sp³-hybridized carbons (Fsp3) is 0.875. The van der Waals surface area contributed by atoms with Crippen molar-refractivity contribution in [1.82, 2.24) is 4.90 Å². The van der Waals surface area contributed by atoms with Crippen molar-refractivity contribution in [3.8, 4) is 0 Å². The molecule has 0 aromatic carbocycles. The molecular formula is C8H19N3. The van der Waals surface area contributed by atoms with E-state index >= 15 is 0 Å². The molecule has 0 aromatic heterocycles. The van der Waals surface area contributed by atoms with Crippen molar-refractivity contribution in [2.24, 2.45) is 5.73 Å². The predicted molar refractivity (Wildman–Crippen MR) is 48.7 cm³/mol. The Hall–Kier alpha value is -0.730. The fourth-order valence-electron chi connectivity index (χ4n) is 0.896. The molecule has 0 bridgehead atoms. The summed E-state index contributed by atoms with van der Waals surface area (Å²) in [7, 11) is 1.86. The van der Waals surface area contributed by atoms with E-state index in [4.69, 9.17) is 11.1 Å². The zero-order chi connectivity index (χ0) is 8.69. The predicted octanol–water partition coefficient (Wildman–Crippen LogP) is 1.39. The standard InChI is InChI=1S/C8H19N3/c1-3-4-5-6-7-11(2)8(9)10/h3-7H2,1-2H3,(H3,9,10). The molecule has 0 saturated heterocycles. The average Bonchev–Trinajstić information content (AvgIpc) is 1.97. The van der Waals surface area contributed by atoms with Gasteiger partial charge in [0.05, 0.1) is 0 Å². The minimum Gasteiger partial charge on any atom is -0.370 e. The number of hydrogen-bond acceptors (Lipinski definition) is 1. The molecule has 3 N–H and O–H groups in total. The van der Waals surface area contributed by atoms with E-state index in [-0.39, 0.29) is 5.96 Å². The van der Waals surface area contributed by atoms with Crippen molar-refractivity contribution in [1.29, 1.82) is 5.41 Å². The average molecular weight is 157 g/mol. The van der Waals surface area contributed by atoms with Gasteiger partial charge in [0.2, 0.25) is 0 Å². The van der Waals surface area contributed by atoms with Crippen LogP contribution in [0.25, 0.3) is 0 Å². The first-order valence-electron chi connectivity index (χ1n) is 4.23. The Morgan fingerprint density at radius 1 is 1.36 bits per heavy atom. The van der Waals surface area contributed by atoms with Gasteiger partial charge in [0, 0.05) is 13.6 Å². The molecule has 0 aliphatic rings. The van der Waals surface area contributed by atoms with Gasteiger partial charge in [-0.2, -0.15) is 0 Å². The Bertz CT molecular complexity index is 112. The van der Waals surface area contributed by atoms with E-state index in [9.17, 15) is 0 Å². The first-order valence-corrected chi connectivity index (χ1v) is 4.23. The van der Waals surface area contributed by atoms with Crippen LogP contribution >= 0.6 is 0 Å². The van der Waals surface area contributed by atoms with Crippen LogP contribution in [0.4, 0.5) is 0 Å². The number of unbranched alkanes of at least 4 members (excludes halogenated alkanes) is 3. The minimum absolute atomic E-state index is 0.168. The Balaban J connectivity index is 3.17. The molecule has 0 fully saturated rings. The van der Waals surface area contributed by atoms with Crippen LogP contribution in [0.15, 0.2) is 0 Å². The molecule has 3 heteroatoms. The molecule has 0 atom stereocenters. The first-order chi connectivity index (χ1) is 5.18. The van der Waals surface area contributed by atoms with E-state index < -0.39 is 0 Å². The molecular weight excluding hydrogens is 138 g/mol.